The first-order chi connectivity index (χ1) is 11.5. The Labute approximate surface area is 142 Å². The molecule has 6 nitrogen and oxygen atoms in total. The number of nitrogens with zero attached hydrogens (tertiary/aromatic N) is 3. The Hall–Kier alpha value is -2.37. The van der Waals surface area contributed by atoms with Crippen LogP contribution >= 0.6 is 0 Å². The number of aryl methyl sites for hydroxylation is 2. The summed E-state index contributed by atoms with van der Waals surface area (Å²) in [7, 11) is 0. The maximum atomic E-state index is 12.6. The summed E-state index contributed by atoms with van der Waals surface area (Å²) in [4.78, 5) is 23.2. The van der Waals surface area contributed by atoms with Gasteiger partial charge in [0.2, 0.25) is 5.91 Å². The Morgan fingerprint density at radius 3 is 2.67 bits per heavy atom. The quantitative estimate of drug-likeness (QED) is 0.934. The van der Waals surface area contributed by atoms with Gasteiger partial charge in [-0.25, -0.2) is 4.98 Å². The van der Waals surface area contributed by atoms with Crippen molar-refractivity contribution in [1.29, 1.82) is 0 Å². The van der Waals surface area contributed by atoms with E-state index in [0.29, 0.717) is 0 Å². The van der Waals surface area contributed by atoms with Crippen LogP contribution < -0.4 is 10.2 Å². The number of aromatic nitrogens is 2. The number of hydrogen-bond acceptors (Lipinski definition) is 5. The zero-order valence-electron chi connectivity index (χ0n) is 14.5. The molecule has 0 spiro atoms. The van der Waals surface area contributed by atoms with Crippen LogP contribution in [0.3, 0.4) is 0 Å². The molecule has 2 aromatic heterocycles. The van der Waals surface area contributed by atoms with E-state index in [0.717, 1.165) is 48.8 Å². The third kappa shape index (κ3) is 3.58. The van der Waals surface area contributed by atoms with Crippen LogP contribution in [0.5, 0.6) is 0 Å². The summed E-state index contributed by atoms with van der Waals surface area (Å²) in [6.45, 7) is 7.52. The molecule has 1 unspecified atom stereocenters. The second kappa shape index (κ2) is 7.03. The maximum absolute atomic E-state index is 12.6. The predicted octanol–water partition coefficient (Wildman–Crippen LogP) is 2.78. The Morgan fingerprint density at radius 2 is 2.08 bits per heavy atom. The zero-order valence-corrected chi connectivity index (χ0v) is 14.5. The zero-order chi connectivity index (χ0) is 17.1. The van der Waals surface area contributed by atoms with Crippen LogP contribution in [0.4, 0.5) is 5.82 Å². The Kier molecular flexibility index (Phi) is 4.83. The van der Waals surface area contributed by atoms with Crippen LogP contribution in [0.1, 0.15) is 42.9 Å². The van der Waals surface area contributed by atoms with E-state index in [4.69, 9.17) is 4.42 Å². The average molecular weight is 328 g/mol. The highest BCUT2D eigenvalue weighted by atomic mass is 16.3. The topological polar surface area (TPSA) is 71.3 Å². The minimum absolute atomic E-state index is 0.0343. The fourth-order valence-corrected chi connectivity index (χ4v) is 3.31. The van der Waals surface area contributed by atoms with Crippen LogP contribution in [0.2, 0.25) is 0 Å². The molecule has 0 saturated carbocycles. The van der Waals surface area contributed by atoms with Crippen LogP contribution in [-0.4, -0.2) is 29.0 Å². The lowest BCUT2D eigenvalue weighted by Crippen LogP contribution is -2.41. The molecular formula is C18H24N4O2. The van der Waals surface area contributed by atoms with Crippen molar-refractivity contribution in [1.82, 2.24) is 15.3 Å². The molecule has 2 aromatic rings. The van der Waals surface area contributed by atoms with E-state index in [1.54, 1.807) is 18.6 Å². The van der Waals surface area contributed by atoms with Crippen LogP contribution in [0.15, 0.2) is 29.1 Å². The first kappa shape index (κ1) is 16.5. The summed E-state index contributed by atoms with van der Waals surface area (Å²) >= 11 is 0. The molecule has 1 atom stereocenters. The van der Waals surface area contributed by atoms with Gasteiger partial charge < -0.3 is 14.6 Å². The van der Waals surface area contributed by atoms with Gasteiger partial charge in [0.1, 0.15) is 17.3 Å². The SMILES string of the molecule is Cc1cc(C(C)NC(=O)C2CCN(c3cnccn3)CC2)c(C)o1. The van der Waals surface area contributed by atoms with Gasteiger partial charge in [-0.3, -0.25) is 9.78 Å². The number of anilines is 1. The lowest BCUT2D eigenvalue weighted by molar-refractivity contribution is -0.126. The number of rotatable bonds is 4. The van der Waals surface area contributed by atoms with Crippen LogP contribution in [-0.2, 0) is 4.79 Å². The number of carbonyl (C=O) groups is 1. The highest BCUT2D eigenvalue weighted by Gasteiger charge is 2.27. The molecule has 24 heavy (non-hydrogen) atoms. The summed E-state index contributed by atoms with van der Waals surface area (Å²) in [5, 5.41) is 3.13. The van der Waals surface area contributed by atoms with E-state index in [9.17, 15) is 4.79 Å². The van der Waals surface area contributed by atoms with Crippen molar-refractivity contribution < 1.29 is 9.21 Å². The number of amides is 1. The molecule has 0 radical (unpaired) electrons. The molecule has 1 fully saturated rings. The number of furan rings is 1. The summed E-state index contributed by atoms with van der Waals surface area (Å²) in [5.41, 5.74) is 1.05. The van der Waals surface area contributed by atoms with E-state index < -0.39 is 0 Å². The van der Waals surface area contributed by atoms with Gasteiger partial charge in [-0.15, -0.1) is 0 Å². The molecule has 3 rings (SSSR count). The Bertz CT molecular complexity index is 690. The third-order valence-corrected chi connectivity index (χ3v) is 4.64. The van der Waals surface area contributed by atoms with Crippen molar-refractivity contribution in [3.8, 4) is 0 Å². The van der Waals surface area contributed by atoms with Crippen molar-refractivity contribution in [2.75, 3.05) is 18.0 Å². The lowest BCUT2D eigenvalue weighted by atomic mass is 9.95. The van der Waals surface area contributed by atoms with Crippen molar-refractivity contribution in [2.24, 2.45) is 5.92 Å². The minimum atomic E-state index is -0.0343. The summed E-state index contributed by atoms with van der Waals surface area (Å²) in [6, 6.07) is 1.96. The Morgan fingerprint density at radius 1 is 1.33 bits per heavy atom. The van der Waals surface area contributed by atoms with Gasteiger partial charge in [-0.05, 0) is 39.7 Å². The van der Waals surface area contributed by atoms with E-state index in [1.807, 2.05) is 26.8 Å². The second-order valence-corrected chi connectivity index (χ2v) is 6.42. The molecule has 0 bridgehead atoms. The number of piperidine rings is 1. The molecule has 0 aromatic carbocycles. The third-order valence-electron chi connectivity index (χ3n) is 4.64. The lowest BCUT2D eigenvalue weighted by Gasteiger charge is -2.32. The summed E-state index contributed by atoms with van der Waals surface area (Å²) in [6.07, 6.45) is 6.80. The molecule has 3 heterocycles. The molecule has 0 aliphatic carbocycles. The van der Waals surface area contributed by atoms with Gasteiger partial charge in [-0.1, -0.05) is 0 Å². The molecule has 1 aliphatic rings. The van der Waals surface area contributed by atoms with Gasteiger partial charge >= 0.3 is 0 Å². The largest absolute Gasteiger partial charge is 0.466 e. The molecule has 1 saturated heterocycles. The standard InChI is InChI=1S/C18H24N4O2/c1-12-10-16(14(3)24-12)13(2)21-18(23)15-4-8-22(9-5-15)17-11-19-6-7-20-17/h6-7,10-11,13,15H,4-5,8-9H2,1-3H3,(H,21,23). The van der Waals surface area contributed by atoms with Gasteiger partial charge in [0, 0.05) is 37.0 Å². The van der Waals surface area contributed by atoms with Gasteiger partial charge in [0.15, 0.2) is 0 Å². The highest BCUT2D eigenvalue weighted by molar-refractivity contribution is 5.79. The highest BCUT2D eigenvalue weighted by Crippen LogP contribution is 2.24. The van der Waals surface area contributed by atoms with Gasteiger partial charge in [0.05, 0.1) is 12.2 Å². The summed E-state index contributed by atoms with van der Waals surface area (Å²) in [5.74, 6) is 2.81. The second-order valence-electron chi connectivity index (χ2n) is 6.42. The van der Waals surface area contributed by atoms with Crippen molar-refractivity contribution in [3.63, 3.8) is 0 Å². The van der Waals surface area contributed by atoms with Gasteiger partial charge in [-0.2, -0.15) is 0 Å². The fourth-order valence-electron chi connectivity index (χ4n) is 3.31. The number of nitrogens with one attached hydrogen (secondary N) is 1. The van der Waals surface area contributed by atoms with E-state index in [1.165, 1.54) is 0 Å². The predicted molar refractivity (Wildman–Crippen MR) is 91.7 cm³/mol. The average Bonchev–Trinajstić information content (AvgIpc) is 2.94. The van der Waals surface area contributed by atoms with Crippen LogP contribution in [0, 0.1) is 19.8 Å². The van der Waals surface area contributed by atoms with E-state index >= 15 is 0 Å². The van der Waals surface area contributed by atoms with Crippen molar-refractivity contribution in [2.45, 2.75) is 39.7 Å². The monoisotopic (exact) mass is 328 g/mol. The molecular weight excluding hydrogens is 304 g/mol. The van der Waals surface area contributed by atoms with Crippen molar-refractivity contribution >= 4 is 11.7 Å². The first-order valence-electron chi connectivity index (χ1n) is 8.43. The molecule has 128 valence electrons. The maximum Gasteiger partial charge on any atom is 0.223 e. The van der Waals surface area contributed by atoms with Crippen LogP contribution in [0.25, 0.3) is 0 Å². The van der Waals surface area contributed by atoms with E-state index in [2.05, 4.69) is 20.2 Å². The normalized spacial score (nSPS) is 16.9. The fraction of sp³-hybridized carbons (Fsp3) is 0.500. The number of carbonyl (C=O) groups excluding carboxylic acids is 1. The molecule has 1 amide bonds. The smallest absolute Gasteiger partial charge is 0.223 e. The first-order valence-corrected chi connectivity index (χ1v) is 8.43. The molecule has 1 aliphatic heterocycles. The Balaban J connectivity index is 1.54. The number of hydrogen-bond donors (Lipinski definition) is 1. The molecule has 6 heteroatoms. The molecule has 1 N–H and O–H groups in total. The van der Waals surface area contributed by atoms with Gasteiger partial charge in [0.25, 0.3) is 0 Å². The van der Waals surface area contributed by atoms with Crippen molar-refractivity contribution in [3.05, 3.63) is 41.7 Å². The minimum Gasteiger partial charge on any atom is -0.466 e. The van der Waals surface area contributed by atoms with E-state index in [-0.39, 0.29) is 17.9 Å². The summed E-state index contributed by atoms with van der Waals surface area (Å²) < 4.78 is 5.55.